The van der Waals surface area contributed by atoms with E-state index in [9.17, 15) is 26.4 Å². The Morgan fingerprint density at radius 1 is 0.917 bits per heavy atom. The second-order valence-corrected chi connectivity index (χ2v) is 9.86. The highest BCUT2D eigenvalue weighted by Gasteiger charge is 2.33. The lowest BCUT2D eigenvalue weighted by molar-refractivity contribution is -0.137. The topological polar surface area (TPSA) is 114 Å². The first-order valence-electron chi connectivity index (χ1n) is 10.2. The highest BCUT2D eigenvalue weighted by molar-refractivity contribution is 7.99. The summed E-state index contributed by atoms with van der Waals surface area (Å²) in [6, 6.07) is 18.8. The number of sulfonamides is 1. The summed E-state index contributed by atoms with van der Waals surface area (Å²) in [5.41, 5.74) is -0.462. The third-order valence-corrected chi connectivity index (χ3v) is 6.89. The summed E-state index contributed by atoms with van der Waals surface area (Å²) in [5.74, 6) is -0.808. The summed E-state index contributed by atoms with van der Waals surface area (Å²) in [7, 11) is -3.74. The van der Waals surface area contributed by atoms with Crippen molar-refractivity contribution >= 4 is 39.1 Å². The molecule has 0 saturated heterocycles. The summed E-state index contributed by atoms with van der Waals surface area (Å²) < 4.78 is 72.0. The van der Waals surface area contributed by atoms with Crippen LogP contribution in [0.4, 0.5) is 24.5 Å². The lowest BCUT2D eigenvalue weighted by Crippen LogP contribution is -2.18. The number of benzene rings is 3. The highest BCUT2D eigenvalue weighted by atomic mass is 32.2. The van der Waals surface area contributed by atoms with Gasteiger partial charge in [-0.3, -0.25) is 9.52 Å². The first-order valence-corrected chi connectivity index (χ1v) is 12.7. The van der Waals surface area contributed by atoms with Crippen molar-refractivity contribution in [3.8, 4) is 11.5 Å². The average Bonchev–Trinajstić information content (AvgIpc) is 3.32. The molecule has 8 nitrogen and oxygen atoms in total. The Hall–Kier alpha value is -3.84. The van der Waals surface area contributed by atoms with Crippen molar-refractivity contribution in [1.29, 1.82) is 0 Å². The van der Waals surface area contributed by atoms with Gasteiger partial charge in [-0.15, -0.1) is 10.2 Å². The van der Waals surface area contributed by atoms with E-state index in [0.29, 0.717) is 11.3 Å². The van der Waals surface area contributed by atoms with E-state index in [1.165, 1.54) is 42.5 Å². The van der Waals surface area contributed by atoms with E-state index < -0.39 is 27.7 Å². The molecule has 0 bridgehead atoms. The molecule has 1 heterocycles. The predicted molar refractivity (Wildman–Crippen MR) is 128 cm³/mol. The number of hydrogen-bond acceptors (Lipinski definition) is 7. The first-order chi connectivity index (χ1) is 17.1. The van der Waals surface area contributed by atoms with Crippen LogP contribution in [0.5, 0.6) is 0 Å². The van der Waals surface area contributed by atoms with E-state index >= 15 is 0 Å². The molecule has 0 radical (unpaired) electrons. The van der Waals surface area contributed by atoms with Gasteiger partial charge in [-0.25, -0.2) is 8.42 Å². The van der Waals surface area contributed by atoms with Crippen molar-refractivity contribution in [3.05, 3.63) is 84.4 Å². The number of nitrogens with one attached hydrogen (secondary N) is 2. The molecule has 0 saturated carbocycles. The molecule has 13 heteroatoms. The Kier molecular flexibility index (Phi) is 7.31. The second-order valence-electron chi connectivity index (χ2n) is 7.25. The van der Waals surface area contributed by atoms with E-state index in [2.05, 4.69) is 20.2 Å². The fourth-order valence-corrected chi connectivity index (χ4v) is 4.68. The molecule has 0 spiro atoms. The Balaban J connectivity index is 1.36. The van der Waals surface area contributed by atoms with Crippen LogP contribution < -0.4 is 10.0 Å². The molecule has 36 heavy (non-hydrogen) atoms. The zero-order valence-corrected chi connectivity index (χ0v) is 19.8. The SMILES string of the molecule is O=C(CSc1nnc(-c2ccc(NS(=O)(=O)c3ccccc3)cc2)o1)Nc1ccccc1C(F)(F)F. The number of hydrogen-bond donors (Lipinski definition) is 2. The van der Waals surface area contributed by atoms with E-state index in [1.807, 2.05) is 0 Å². The average molecular weight is 535 g/mol. The fraction of sp³-hybridized carbons (Fsp3) is 0.0870. The van der Waals surface area contributed by atoms with Crippen molar-refractivity contribution in [2.45, 2.75) is 16.3 Å². The number of alkyl halides is 3. The number of carbonyl (C=O) groups excluding carboxylic acids is 1. The molecule has 4 rings (SSSR count). The van der Waals surface area contributed by atoms with E-state index in [-0.39, 0.29) is 27.4 Å². The minimum Gasteiger partial charge on any atom is -0.411 e. The lowest BCUT2D eigenvalue weighted by Gasteiger charge is -2.13. The number of rotatable bonds is 8. The number of carbonyl (C=O) groups is 1. The van der Waals surface area contributed by atoms with E-state index in [0.717, 1.165) is 17.8 Å². The predicted octanol–water partition coefficient (Wildman–Crippen LogP) is 5.29. The smallest absolute Gasteiger partial charge is 0.411 e. The van der Waals surface area contributed by atoms with Crippen LogP contribution in [0.25, 0.3) is 11.5 Å². The Labute approximate surface area is 208 Å². The molecular formula is C23H17F3N4O4S2. The van der Waals surface area contributed by atoms with Gasteiger partial charge in [-0.05, 0) is 48.5 Å². The molecule has 1 amide bonds. The molecule has 0 unspecified atom stereocenters. The number of aromatic nitrogens is 2. The fourth-order valence-electron chi connectivity index (χ4n) is 3.03. The Bertz CT molecular complexity index is 1460. The molecule has 4 aromatic rings. The number of para-hydroxylation sites is 1. The van der Waals surface area contributed by atoms with Crippen molar-refractivity contribution < 1.29 is 30.8 Å². The maximum atomic E-state index is 13.1. The van der Waals surface area contributed by atoms with Gasteiger partial charge in [0.25, 0.3) is 15.2 Å². The van der Waals surface area contributed by atoms with Gasteiger partial charge < -0.3 is 9.73 Å². The maximum absolute atomic E-state index is 13.1. The summed E-state index contributed by atoms with van der Waals surface area (Å²) in [6.07, 6.45) is -4.60. The Morgan fingerprint density at radius 3 is 2.28 bits per heavy atom. The highest BCUT2D eigenvalue weighted by Crippen LogP contribution is 2.34. The van der Waals surface area contributed by atoms with Crippen LogP contribution in [-0.4, -0.2) is 30.3 Å². The Morgan fingerprint density at radius 2 is 1.58 bits per heavy atom. The molecule has 0 atom stereocenters. The molecule has 0 fully saturated rings. The van der Waals surface area contributed by atoms with E-state index in [1.54, 1.807) is 30.3 Å². The van der Waals surface area contributed by atoms with Crippen molar-refractivity contribution in [3.63, 3.8) is 0 Å². The van der Waals surface area contributed by atoms with Crippen molar-refractivity contribution in [2.24, 2.45) is 0 Å². The molecule has 0 aliphatic heterocycles. The van der Waals surface area contributed by atoms with Crippen LogP contribution in [-0.2, 0) is 21.0 Å². The largest absolute Gasteiger partial charge is 0.418 e. The van der Waals surface area contributed by atoms with Gasteiger partial charge in [0.05, 0.1) is 21.9 Å². The van der Waals surface area contributed by atoms with Crippen LogP contribution in [0.3, 0.4) is 0 Å². The molecule has 0 aliphatic rings. The molecule has 0 aliphatic carbocycles. The maximum Gasteiger partial charge on any atom is 0.418 e. The van der Waals surface area contributed by atoms with Crippen LogP contribution in [0.15, 0.2) is 93.4 Å². The second kappa shape index (κ2) is 10.4. The third-order valence-electron chi connectivity index (χ3n) is 4.68. The molecule has 1 aromatic heterocycles. The molecule has 186 valence electrons. The van der Waals surface area contributed by atoms with Gasteiger partial charge in [0.1, 0.15) is 0 Å². The van der Waals surface area contributed by atoms with Gasteiger partial charge >= 0.3 is 6.18 Å². The molecule has 3 aromatic carbocycles. The van der Waals surface area contributed by atoms with Crippen molar-refractivity contribution in [1.82, 2.24) is 10.2 Å². The zero-order chi connectivity index (χ0) is 25.8. The summed E-state index contributed by atoms with van der Waals surface area (Å²) in [5, 5.41) is 9.99. The van der Waals surface area contributed by atoms with Crippen LogP contribution in [0.2, 0.25) is 0 Å². The molecule has 2 N–H and O–H groups in total. The van der Waals surface area contributed by atoms with E-state index in [4.69, 9.17) is 4.42 Å². The van der Waals surface area contributed by atoms with Gasteiger partial charge in [0.15, 0.2) is 0 Å². The standard InChI is InChI=1S/C23H17F3N4O4S2/c24-23(25,26)18-8-4-5-9-19(18)27-20(31)14-35-22-29-28-21(34-22)15-10-12-16(13-11-15)30-36(32,33)17-6-2-1-3-7-17/h1-13,30H,14H2,(H,27,31). The zero-order valence-electron chi connectivity index (χ0n) is 18.2. The monoisotopic (exact) mass is 534 g/mol. The minimum absolute atomic E-state index is 0.0399. The normalized spacial score (nSPS) is 11.8. The van der Waals surface area contributed by atoms with Crippen molar-refractivity contribution in [2.75, 3.05) is 15.8 Å². The van der Waals surface area contributed by atoms with Gasteiger partial charge in [-0.1, -0.05) is 42.1 Å². The third kappa shape index (κ3) is 6.23. The van der Waals surface area contributed by atoms with Gasteiger partial charge in [-0.2, -0.15) is 13.2 Å². The molecular weight excluding hydrogens is 517 g/mol. The summed E-state index contributed by atoms with van der Waals surface area (Å²) >= 11 is 0.860. The quantitative estimate of drug-likeness (QED) is 0.295. The number of amides is 1. The first kappa shape index (κ1) is 25.3. The number of thioether (sulfide) groups is 1. The van der Waals surface area contributed by atoms with Gasteiger partial charge in [0.2, 0.25) is 11.8 Å². The minimum atomic E-state index is -4.60. The summed E-state index contributed by atoms with van der Waals surface area (Å²) in [6.45, 7) is 0. The van der Waals surface area contributed by atoms with Crippen LogP contribution >= 0.6 is 11.8 Å². The number of nitrogens with zero attached hydrogens (tertiary/aromatic N) is 2. The summed E-state index contributed by atoms with van der Waals surface area (Å²) in [4.78, 5) is 12.3. The van der Waals surface area contributed by atoms with Gasteiger partial charge in [0, 0.05) is 11.3 Å². The lowest BCUT2D eigenvalue weighted by atomic mass is 10.1. The van der Waals surface area contributed by atoms with Crippen LogP contribution in [0, 0.1) is 0 Å². The number of halogens is 3. The van der Waals surface area contributed by atoms with Crippen LogP contribution in [0.1, 0.15) is 5.56 Å². The number of anilines is 2.